The Hall–Kier alpha value is -2.56. The summed E-state index contributed by atoms with van der Waals surface area (Å²) in [6, 6.07) is 13.7. The summed E-state index contributed by atoms with van der Waals surface area (Å²) in [6.45, 7) is 2.48. The number of hydrogen-bond acceptors (Lipinski definition) is 4. The van der Waals surface area contributed by atoms with Crippen molar-refractivity contribution < 1.29 is 19.4 Å². The van der Waals surface area contributed by atoms with E-state index in [9.17, 15) is 9.90 Å². The molecule has 2 aliphatic carbocycles. The Balaban J connectivity index is 1.29. The lowest BCUT2D eigenvalue weighted by Gasteiger charge is -2.34. The topological polar surface area (TPSA) is 68.7 Å². The van der Waals surface area contributed by atoms with Crippen LogP contribution in [0.15, 0.2) is 48.7 Å². The lowest BCUT2D eigenvalue weighted by Crippen LogP contribution is -2.37. The molecule has 2 saturated carbocycles. The number of aliphatic carboxylic acids is 1. The van der Waals surface area contributed by atoms with Crippen molar-refractivity contribution in [1.82, 2.24) is 4.98 Å². The minimum atomic E-state index is -0.725. The molecule has 5 heteroatoms. The minimum Gasteiger partial charge on any atom is -0.493 e. The number of ether oxygens (including phenoxy) is 2. The van der Waals surface area contributed by atoms with Gasteiger partial charge in [-0.05, 0) is 67.2 Å². The zero-order valence-electron chi connectivity index (χ0n) is 16.2. The molecule has 0 spiro atoms. The van der Waals surface area contributed by atoms with Crippen LogP contribution in [0, 0.1) is 17.8 Å². The van der Waals surface area contributed by atoms with Crippen LogP contribution >= 0.6 is 0 Å². The van der Waals surface area contributed by atoms with Crippen LogP contribution in [-0.4, -0.2) is 28.8 Å². The number of carboxylic acid groups (broad SMARTS) is 1. The molecule has 1 heterocycles. The van der Waals surface area contributed by atoms with Gasteiger partial charge in [-0.15, -0.1) is 0 Å². The van der Waals surface area contributed by atoms with Crippen LogP contribution in [0.25, 0.3) is 0 Å². The van der Waals surface area contributed by atoms with E-state index in [2.05, 4.69) is 4.98 Å². The number of nitrogens with zero attached hydrogens (tertiary/aromatic N) is 1. The Bertz CT molecular complexity index is 799. The van der Waals surface area contributed by atoms with Crippen molar-refractivity contribution in [2.75, 3.05) is 6.61 Å². The van der Waals surface area contributed by atoms with Crippen LogP contribution in [0.1, 0.15) is 44.1 Å². The zero-order chi connectivity index (χ0) is 19.5. The van der Waals surface area contributed by atoms with Gasteiger partial charge in [-0.1, -0.05) is 25.1 Å². The second kappa shape index (κ2) is 8.21. The first kappa shape index (κ1) is 18.8. The third kappa shape index (κ3) is 4.46. The summed E-state index contributed by atoms with van der Waals surface area (Å²) in [5, 5.41) is 9.46. The fourth-order valence-corrected chi connectivity index (χ4v) is 4.10. The van der Waals surface area contributed by atoms with Crippen LogP contribution in [0.5, 0.6) is 11.6 Å². The number of rotatable bonds is 9. The molecule has 0 aliphatic heterocycles. The van der Waals surface area contributed by atoms with Gasteiger partial charge in [0.05, 0.1) is 12.5 Å². The van der Waals surface area contributed by atoms with Gasteiger partial charge in [-0.3, -0.25) is 4.79 Å². The standard InChI is InChI=1S/C23H27NO4/c1-15(23(25)26)22(17-8-9-17)18-5-4-6-19(13-18)27-14-16-11-20(12-16)28-21-7-2-3-10-24-21/h2-7,10,13,15-17,20,22H,8-9,11-12,14H2,1H3,(H,25,26). The van der Waals surface area contributed by atoms with E-state index < -0.39 is 5.97 Å². The molecule has 5 nitrogen and oxygen atoms in total. The molecule has 2 aromatic rings. The number of hydrogen-bond donors (Lipinski definition) is 1. The maximum absolute atomic E-state index is 11.5. The van der Waals surface area contributed by atoms with E-state index in [4.69, 9.17) is 9.47 Å². The van der Waals surface area contributed by atoms with Crippen molar-refractivity contribution in [3.8, 4) is 11.6 Å². The molecule has 2 atom stereocenters. The highest BCUT2D eigenvalue weighted by molar-refractivity contribution is 5.71. The van der Waals surface area contributed by atoms with E-state index in [1.807, 2.05) is 49.4 Å². The van der Waals surface area contributed by atoms with Crippen LogP contribution in [0.4, 0.5) is 0 Å². The monoisotopic (exact) mass is 381 g/mol. The maximum atomic E-state index is 11.5. The second-order valence-electron chi connectivity index (χ2n) is 8.12. The van der Waals surface area contributed by atoms with Gasteiger partial charge in [0.1, 0.15) is 11.9 Å². The fourth-order valence-electron chi connectivity index (χ4n) is 4.10. The van der Waals surface area contributed by atoms with Crippen molar-refractivity contribution in [3.63, 3.8) is 0 Å². The van der Waals surface area contributed by atoms with Crippen molar-refractivity contribution >= 4 is 5.97 Å². The van der Waals surface area contributed by atoms with E-state index in [-0.39, 0.29) is 17.9 Å². The first-order valence-corrected chi connectivity index (χ1v) is 10.1. The van der Waals surface area contributed by atoms with E-state index in [0.717, 1.165) is 37.0 Å². The number of carbonyl (C=O) groups is 1. The van der Waals surface area contributed by atoms with Gasteiger partial charge >= 0.3 is 5.97 Å². The molecular formula is C23H27NO4. The molecule has 2 aliphatic rings. The van der Waals surface area contributed by atoms with Crippen molar-refractivity contribution in [2.24, 2.45) is 17.8 Å². The van der Waals surface area contributed by atoms with Crippen molar-refractivity contribution in [1.29, 1.82) is 0 Å². The highest BCUT2D eigenvalue weighted by Crippen LogP contribution is 2.47. The molecule has 1 aromatic heterocycles. The minimum absolute atomic E-state index is 0.0703. The van der Waals surface area contributed by atoms with E-state index in [1.54, 1.807) is 6.20 Å². The van der Waals surface area contributed by atoms with Gasteiger partial charge < -0.3 is 14.6 Å². The van der Waals surface area contributed by atoms with Crippen LogP contribution in [0.2, 0.25) is 0 Å². The van der Waals surface area contributed by atoms with Crippen LogP contribution < -0.4 is 9.47 Å². The Kier molecular flexibility index (Phi) is 5.51. The normalized spacial score (nSPS) is 23.3. The van der Waals surface area contributed by atoms with Crippen LogP contribution in [-0.2, 0) is 4.79 Å². The molecule has 1 N–H and O–H groups in total. The molecule has 0 radical (unpaired) electrons. The molecule has 4 rings (SSSR count). The van der Waals surface area contributed by atoms with Gasteiger partial charge in [0.15, 0.2) is 0 Å². The summed E-state index contributed by atoms with van der Waals surface area (Å²) in [5.41, 5.74) is 1.08. The van der Waals surface area contributed by atoms with Crippen molar-refractivity contribution in [2.45, 2.75) is 44.6 Å². The van der Waals surface area contributed by atoms with Gasteiger partial charge in [-0.2, -0.15) is 0 Å². The first-order chi connectivity index (χ1) is 13.6. The number of benzene rings is 1. The third-order valence-corrected chi connectivity index (χ3v) is 5.90. The molecule has 2 fully saturated rings. The van der Waals surface area contributed by atoms with Crippen molar-refractivity contribution in [3.05, 3.63) is 54.2 Å². The lowest BCUT2D eigenvalue weighted by atomic mass is 9.82. The van der Waals surface area contributed by atoms with Gasteiger partial charge in [-0.25, -0.2) is 4.98 Å². The molecule has 28 heavy (non-hydrogen) atoms. The summed E-state index contributed by atoms with van der Waals surface area (Å²) in [4.78, 5) is 15.7. The van der Waals surface area contributed by atoms with Gasteiger partial charge in [0.25, 0.3) is 0 Å². The third-order valence-electron chi connectivity index (χ3n) is 5.90. The molecule has 0 bridgehead atoms. The Morgan fingerprint density at radius 2 is 2.04 bits per heavy atom. The summed E-state index contributed by atoms with van der Waals surface area (Å²) < 4.78 is 11.9. The molecular weight excluding hydrogens is 354 g/mol. The largest absolute Gasteiger partial charge is 0.493 e. The van der Waals surface area contributed by atoms with E-state index in [1.165, 1.54) is 0 Å². The van der Waals surface area contributed by atoms with Gasteiger partial charge in [0.2, 0.25) is 5.88 Å². The number of pyridine rings is 1. The highest BCUT2D eigenvalue weighted by Gasteiger charge is 2.38. The maximum Gasteiger partial charge on any atom is 0.306 e. The van der Waals surface area contributed by atoms with Crippen LogP contribution in [0.3, 0.4) is 0 Å². The van der Waals surface area contributed by atoms with E-state index in [0.29, 0.717) is 24.3 Å². The summed E-state index contributed by atoms with van der Waals surface area (Å²) in [7, 11) is 0. The smallest absolute Gasteiger partial charge is 0.306 e. The van der Waals surface area contributed by atoms with E-state index >= 15 is 0 Å². The first-order valence-electron chi connectivity index (χ1n) is 10.1. The predicted molar refractivity (Wildman–Crippen MR) is 106 cm³/mol. The molecule has 2 unspecified atom stereocenters. The SMILES string of the molecule is CC(C(=O)O)C(c1cccc(OCC2CC(Oc3ccccn3)C2)c1)C1CC1. The molecule has 0 amide bonds. The number of carboxylic acids is 1. The Morgan fingerprint density at radius 1 is 1.21 bits per heavy atom. The molecule has 0 saturated heterocycles. The summed E-state index contributed by atoms with van der Waals surface area (Å²) in [5.74, 6) is 1.44. The number of aromatic nitrogens is 1. The molecule has 148 valence electrons. The Labute approximate surface area is 165 Å². The highest BCUT2D eigenvalue weighted by atomic mass is 16.5. The lowest BCUT2D eigenvalue weighted by molar-refractivity contribution is -0.142. The molecule has 1 aromatic carbocycles. The average Bonchev–Trinajstić information content (AvgIpc) is 3.49. The predicted octanol–water partition coefficient (Wildman–Crippen LogP) is 4.53. The fraction of sp³-hybridized carbons (Fsp3) is 0.478. The zero-order valence-corrected chi connectivity index (χ0v) is 16.2. The Morgan fingerprint density at radius 3 is 2.71 bits per heavy atom. The average molecular weight is 381 g/mol. The summed E-state index contributed by atoms with van der Waals surface area (Å²) >= 11 is 0. The quantitative estimate of drug-likeness (QED) is 0.691. The summed E-state index contributed by atoms with van der Waals surface area (Å²) in [6.07, 6.45) is 6.13. The van der Waals surface area contributed by atoms with Gasteiger partial charge in [0, 0.05) is 12.3 Å². The second-order valence-corrected chi connectivity index (χ2v) is 8.12.